The molecule has 0 aliphatic rings. The molecule has 0 aliphatic heterocycles. The van der Waals surface area contributed by atoms with Gasteiger partial charge in [-0.2, -0.15) is 0 Å². The molecule has 86 valence electrons. The Hall–Kier alpha value is -1.89. The summed E-state index contributed by atoms with van der Waals surface area (Å²) in [7, 11) is 0. The number of Topliss-reactive ketones (excluding diaryl/α,β-unsaturated/α-hetero) is 1. The fourth-order valence-electron chi connectivity index (χ4n) is 2.03. The van der Waals surface area contributed by atoms with Crippen molar-refractivity contribution < 1.29 is 4.79 Å². The smallest absolute Gasteiger partial charge is 0.160 e. The predicted octanol–water partition coefficient (Wildman–Crippen LogP) is 3.79. The van der Waals surface area contributed by atoms with Gasteiger partial charge in [-0.25, -0.2) is 0 Å². The van der Waals surface area contributed by atoms with Crippen LogP contribution in [-0.2, 0) is 6.42 Å². The molecule has 0 saturated heterocycles. The molecular weight excluding hydrogens is 208 g/mol. The van der Waals surface area contributed by atoms with Crippen molar-refractivity contribution in [1.29, 1.82) is 0 Å². The van der Waals surface area contributed by atoms with Gasteiger partial charge >= 0.3 is 0 Å². The number of carbonyl (C=O) groups excluding carboxylic acids is 1. The molecule has 1 heteroatoms. The molecule has 0 spiro atoms. The topological polar surface area (TPSA) is 17.1 Å². The van der Waals surface area contributed by atoms with E-state index in [9.17, 15) is 4.79 Å². The fourth-order valence-corrected chi connectivity index (χ4v) is 2.03. The summed E-state index contributed by atoms with van der Waals surface area (Å²) in [5.41, 5.74) is 4.48. The number of carbonyl (C=O) groups is 1. The molecule has 0 atom stereocenters. The lowest BCUT2D eigenvalue weighted by Gasteiger charge is -2.09. The average molecular weight is 224 g/mol. The van der Waals surface area contributed by atoms with Gasteiger partial charge in [0, 0.05) is 5.56 Å². The van der Waals surface area contributed by atoms with Crippen molar-refractivity contribution in [2.75, 3.05) is 0 Å². The van der Waals surface area contributed by atoms with Crippen LogP contribution < -0.4 is 0 Å². The van der Waals surface area contributed by atoms with Gasteiger partial charge in [-0.1, -0.05) is 48.5 Å². The van der Waals surface area contributed by atoms with Gasteiger partial charge in [0.1, 0.15) is 0 Å². The first-order valence-electron chi connectivity index (χ1n) is 5.82. The minimum atomic E-state index is 0.134. The van der Waals surface area contributed by atoms with E-state index in [1.165, 1.54) is 11.1 Å². The number of hydrogen-bond donors (Lipinski definition) is 0. The van der Waals surface area contributed by atoms with E-state index in [1.807, 2.05) is 36.4 Å². The maximum Gasteiger partial charge on any atom is 0.160 e. The molecule has 0 unspecified atom stereocenters. The van der Waals surface area contributed by atoms with Crippen molar-refractivity contribution >= 4 is 5.78 Å². The Kier molecular flexibility index (Phi) is 3.38. The van der Waals surface area contributed by atoms with Crippen LogP contribution in [0.2, 0.25) is 0 Å². The largest absolute Gasteiger partial charge is 0.295 e. The molecule has 0 radical (unpaired) electrons. The maximum absolute atomic E-state index is 11.5. The van der Waals surface area contributed by atoms with Crippen LogP contribution in [0.5, 0.6) is 0 Å². The second-order valence-electron chi connectivity index (χ2n) is 4.32. The van der Waals surface area contributed by atoms with Crippen LogP contribution in [0.15, 0.2) is 48.5 Å². The third-order valence-electron chi connectivity index (χ3n) is 3.04. The zero-order chi connectivity index (χ0) is 12.3. The molecule has 0 N–H and O–H groups in total. The first kappa shape index (κ1) is 11.6. The third-order valence-corrected chi connectivity index (χ3v) is 3.04. The lowest BCUT2D eigenvalue weighted by molar-refractivity contribution is 0.101. The number of hydrogen-bond acceptors (Lipinski definition) is 1. The van der Waals surface area contributed by atoms with Crippen LogP contribution in [0.4, 0.5) is 0 Å². The SMILES string of the molecule is CC(=O)c1ccccc1Cc1ccccc1C. The van der Waals surface area contributed by atoms with Crippen LogP contribution in [0.1, 0.15) is 34.0 Å². The number of ketones is 1. The minimum absolute atomic E-state index is 0.134. The van der Waals surface area contributed by atoms with Gasteiger partial charge in [-0.15, -0.1) is 0 Å². The standard InChI is InChI=1S/C16H16O/c1-12-7-3-4-8-14(12)11-15-9-5-6-10-16(15)13(2)17/h3-10H,11H2,1-2H3. The lowest BCUT2D eigenvalue weighted by Crippen LogP contribution is -2.01. The summed E-state index contributed by atoms with van der Waals surface area (Å²) in [4.78, 5) is 11.5. The Labute approximate surface area is 102 Å². The second kappa shape index (κ2) is 4.96. The lowest BCUT2D eigenvalue weighted by atomic mass is 9.95. The summed E-state index contributed by atoms with van der Waals surface area (Å²) in [6, 6.07) is 16.1. The molecule has 1 nitrogen and oxygen atoms in total. The zero-order valence-corrected chi connectivity index (χ0v) is 10.2. The fraction of sp³-hybridized carbons (Fsp3) is 0.188. The monoisotopic (exact) mass is 224 g/mol. The summed E-state index contributed by atoms with van der Waals surface area (Å²) in [5.74, 6) is 0.134. The molecule has 0 saturated carbocycles. The molecular formula is C16H16O. The van der Waals surface area contributed by atoms with Crippen LogP contribution in [-0.4, -0.2) is 5.78 Å². The minimum Gasteiger partial charge on any atom is -0.295 e. The van der Waals surface area contributed by atoms with Gasteiger partial charge in [0.25, 0.3) is 0 Å². The molecule has 0 aliphatic carbocycles. The van der Waals surface area contributed by atoms with Crippen molar-refractivity contribution in [3.05, 3.63) is 70.8 Å². The van der Waals surface area contributed by atoms with Crippen molar-refractivity contribution in [3.63, 3.8) is 0 Å². The third kappa shape index (κ3) is 2.62. The highest BCUT2D eigenvalue weighted by Gasteiger charge is 2.07. The van der Waals surface area contributed by atoms with Gasteiger partial charge in [0.2, 0.25) is 0 Å². The van der Waals surface area contributed by atoms with Crippen LogP contribution in [0.25, 0.3) is 0 Å². The Balaban J connectivity index is 2.37. The van der Waals surface area contributed by atoms with Crippen LogP contribution in [0.3, 0.4) is 0 Å². The van der Waals surface area contributed by atoms with Crippen LogP contribution >= 0.6 is 0 Å². The summed E-state index contributed by atoms with van der Waals surface area (Å²) >= 11 is 0. The van der Waals surface area contributed by atoms with Crippen molar-refractivity contribution in [2.24, 2.45) is 0 Å². The Morgan fingerprint density at radius 2 is 1.53 bits per heavy atom. The molecule has 0 fully saturated rings. The molecule has 0 bridgehead atoms. The van der Waals surface area contributed by atoms with Gasteiger partial charge < -0.3 is 0 Å². The molecule has 2 rings (SSSR count). The van der Waals surface area contributed by atoms with Crippen molar-refractivity contribution in [3.8, 4) is 0 Å². The Morgan fingerprint density at radius 3 is 2.18 bits per heavy atom. The van der Waals surface area contributed by atoms with E-state index >= 15 is 0 Å². The second-order valence-corrected chi connectivity index (χ2v) is 4.32. The first-order valence-corrected chi connectivity index (χ1v) is 5.82. The molecule has 2 aromatic carbocycles. The highest BCUT2D eigenvalue weighted by atomic mass is 16.1. The summed E-state index contributed by atoms with van der Waals surface area (Å²) < 4.78 is 0. The van der Waals surface area contributed by atoms with Gasteiger partial charge in [0.05, 0.1) is 0 Å². The maximum atomic E-state index is 11.5. The van der Waals surface area contributed by atoms with Crippen molar-refractivity contribution in [1.82, 2.24) is 0 Å². The Bertz CT molecular complexity index is 541. The summed E-state index contributed by atoms with van der Waals surface area (Å²) in [6.07, 6.45) is 0.822. The normalized spacial score (nSPS) is 10.2. The van der Waals surface area contributed by atoms with E-state index in [-0.39, 0.29) is 5.78 Å². The van der Waals surface area contributed by atoms with E-state index in [4.69, 9.17) is 0 Å². The average Bonchev–Trinajstić information content (AvgIpc) is 2.32. The molecule has 0 amide bonds. The van der Waals surface area contributed by atoms with Gasteiger partial charge in [-0.3, -0.25) is 4.79 Å². The summed E-state index contributed by atoms with van der Waals surface area (Å²) in [5, 5.41) is 0. The summed E-state index contributed by atoms with van der Waals surface area (Å²) in [6.45, 7) is 3.72. The van der Waals surface area contributed by atoms with E-state index < -0.39 is 0 Å². The predicted molar refractivity (Wildman–Crippen MR) is 70.4 cm³/mol. The van der Waals surface area contributed by atoms with E-state index in [0.29, 0.717) is 0 Å². The van der Waals surface area contributed by atoms with E-state index in [1.54, 1.807) is 6.92 Å². The molecule has 0 aromatic heterocycles. The van der Waals surface area contributed by atoms with E-state index in [0.717, 1.165) is 17.5 Å². The first-order chi connectivity index (χ1) is 8.18. The zero-order valence-electron chi connectivity index (χ0n) is 10.2. The quantitative estimate of drug-likeness (QED) is 0.725. The van der Waals surface area contributed by atoms with Gasteiger partial charge in [-0.05, 0) is 37.0 Å². The Morgan fingerprint density at radius 1 is 0.941 bits per heavy atom. The molecule has 2 aromatic rings. The van der Waals surface area contributed by atoms with Gasteiger partial charge in [0.15, 0.2) is 5.78 Å². The molecule has 0 heterocycles. The number of rotatable bonds is 3. The van der Waals surface area contributed by atoms with Crippen LogP contribution in [0, 0.1) is 6.92 Å². The number of benzene rings is 2. The highest BCUT2D eigenvalue weighted by molar-refractivity contribution is 5.95. The van der Waals surface area contributed by atoms with Crippen molar-refractivity contribution in [2.45, 2.75) is 20.3 Å². The highest BCUT2D eigenvalue weighted by Crippen LogP contribution is 2.17. The molecule has 17 heavy (non-hydrogen) atoms. The van der Waals surface area contributed by atoms with E-state index in [2.05, 4.69) is 19.1 Å². The number of aryl methyl sites for hydroxylation is 1.